The van der Waals surface area contributed by atoms with Crippen LogP contribution in [0.25, 0.3) is 11.1 Å². The topological polar surface area (TPSA) is 129 Å². The zero-order valence-electron chi connectivity index (χ0n) is 19.0. The molecular formula is C24H23F4N5O3. The SMILES string of the molecule is CNc1ccc(-c2c[nH]c(NC(=O)C3CC3)c2C(N)=O)cc1.O=CNc1cc(C(F)(F)F)ccc1F. The number of hydrogen-bond acceptors (Lipinski definition) is 4. The van der Waals surface area contributed by atoms with Crippen molar-refractivity contribution in [1.82, 2.24) is 4.98 Å². The molecule has 1 saturated carbocycles. The third kappa shape index (κ3) is 6.40. The molecule has 1 heterocycles. The number of benzene rings is 2. The van der Waals surface area contributed by atoms with Gasteiger partial charge in [-0.2, -0.15) is 13.2 Å². The summed E-state index contributed by atoms with van der Waals surface area (Å²) in [5, 5.41) is 7.63. The van der Waals surface area contributed by atoms with Gasteiger partial charge >= 0.3 is 6.18 Å². The van der Waals surface area contributed by atoms with Crippen LogP contribution in [0.2, 0.25) is 0 Å². The van der Waals surface area contributed by atoms with Crippen molar-refractivity contribution in [1.29, 1.82) is 0 Å². The van der Waals surface area contributed by atoms with Gasteiger partial charge in [-0.25, -0.2) is 4.39 Å². The number of carbonyl (C=O) groups excluding carboxylic acids is 3. The molecule has 3 aromatic rings. The van der Waals surface area contributed by atoms with Crippen molar-refractivity contribution in [3.8, 4) is 11.1 Å². The van der Waals surface area contributed by atoms with E-state index >= 15 is 0 Å². The molecule has 0 atom stereocenters. The van der Waals surface area contributed by atoms with Gasteiger partial charge in [0.05, 0.1) is 16.8 Å². The highest BCUT2D eigenvalue weighted by Gasteiger charge is 2.32. The molecule has 1 fully saturated rings. The molecule has 4 rings (SSSR count). The minimum atomic E-state index is -4.55. The molecule has 1 aliphatic rings. The van der Waals surface area contributed by atoms with E-state index in [4.69, 9.17) is 5.73 Å². The van der Waals surface area contributed by atoms with Gasteiger partial charge in [0.25, 0.3) is 5.91 Å². The van der Waals surface area contributed by atoms with Crippen LogP contribution < -0.4 is 21.7 Å². The average Bonchev–Trinajstić information content (AvgIpc) is 3.61. The summed E-state index contributed by atoms with van der Waals surface area (Å²) < 4.78 is 49.1. The van der Waals surface area contributed by atoms with Gasteiger partial charge in [-0.3, -0.25) is 14.4 Å². The molecule has 2 aromatic carbocycles. The number of nitrogens with two attached hydrogens (primary N) is 1. The van der Waals surface area contributed by atoms with E-state index in [1.165, 1.54) is 0 Å². The molecule has 0 bridgehead atoms. The molecule has 36 heavy (non-hydrogen) atoms. The Morgan fingerprint density at radius 3 is 2.31 bits per heavy atom. The van der Waals surface area contributed by atoms with Gasteiger partial charge in [-0.15, -0.1) is 0 Å². The van der Waals surface area contributed by atoms with Crippen LogP contribution in [0.3, 0.4) is 0 Å². The van der Waals surface area contributed by atoms with Gasteiger partial charge in [0, 0.05) is 30.4 Å². The molecule has 1 aromatic heterocycles. The molecule has 1 aliphatic carbocycles. The number of rotatable bonds is 7. The van der Waals surface area contributed by atoms with Gasteiger partial charge in [0.1, 0.15) is 11.6 Å². The van der Waals surface area contributed by atoms with Crippen molar-refractivity contribution in [2.24, 2.45) is 11.7 Å². The number of amides is 3. The summed E-state index contributed by atoms with van der Waals surface area (Å²) in [6.45, 7) is 0. The lowest BCUT2D eigenvalue weighted by Crippen LogP contribution is -2.19. The highest BCUT2D eigenvalue weighted by atomic mass is 19.4. The van der Waals surface area contributed by atoms with Crippen molar-refractivity contribution >= 4 is 35.4 Å². The number of primary amides is 1. The number of H-pyrrole nitrogens is 1. The first-order valence-corrected chi connectivity index (χ1v) is 10.7. The van der Waals surface area contributed by atoms with E-state index in [-0.39, 0.29) is 18.2 Å². The van der Waals surface area contributed by atoms with Crippen LogP contribution >= 0.6 is 0 Å². The molecular weight excluding hydrogens is 482 g/mol. The van der Waals surface area contributed by atoms with Gasteiger partial charge < -0.3 is 26.7 Å². The number of hydrogen-bond donors (Lipinski definition) is 5. The minimum absolute atomic E-state index is 0.0578. The Morgan fingerprint density at radius 1 is 1.11 bits per heavy atom. The standard InChI is InChI=1S/C16H18N4O2.C8H5F4NO/c1-18-11-6-4-9(5-7-11)12-8-19-15(13(12)14(17)21)20-16(22)10-2-3-10;9-6-2-1-5(8(10,11)12)3-7(6)13-4-14/h4-8,10,18-19H,2-3H2,1H3,(H2,17,21)(H,20,22);1-4H,(H,13,14). The minimum Gasteiger partial charge on any atom is -0.388 e. The maximum absolute atomic E-state index is 12.8. The van der Waals surface area contributed by atoms with E-state index in [0.717, 1.165) is 24.1 Å². The van der Waals surface area contributed by atoms with Crippen LogP contribution in [-0.4, -0.2) is 30.3 Å². The Morgan fingerprint density at radius 2 is 1.78 bits per heavy atom. The van der Waals surface area contributed by atoms with Crippen molar-refractivity contribution < 1.29 is 31.9 Å². The average molecular weight is 505 g/mol. The second-order valence-electron chi connectivity index (χ2n) is 7.86. The summed E-state index contributed by atoms with van der Waals surface area (Å²) in [5.41, 5.74) is 6.82. The first kappa shape index (κ1) is 26.3. The van der Waals surface area contributed by atoms with Crippen LogP contribution in [-0.2, 0) is 15.8 Å². The number of carbonyl (C=O) groups is 3. The van der Waals surface area contributed by atoms with Crippen LogP contribution in [0.5, 0.6) is 0 Å². The highest BCUT2D eigenvalue weighted by molar-refractivity contribution is 6.08. The van der Waals surface area contributed by atoms with E-state index in [0.29, 0.717) is 35.1 Å². The molecule has 0 aliphatic heterocycles. The zero-order valence-corrected chi connectivity index (χ0v) is 19.0. The third-order valence-electron chi connectivity index (χ3n) is 5.32. The first-order valence-electron chi connectivity index (χ1n) is 10.7. The number of anilines is 3. The lowest BCUT2D eigenvalue weighted by molar-refractivity contribution is -0.137. The molecule has 190 valence electrons. The van der Waals surface area contributed by atoms with E-state index in [1.807, 2.05) is 36.6 Å². The monoisotopic (exact) mass is 505 g/mol. The largest absolute Gasteiger partial charge is 0.416 e. The van der Waals surface area contributed by atoms with E-state index in [9.17, 15) is 31.9 Å². The Hall–Kier alpha value is -4.35. The maximum atomic E-state index is 12.8. The summed E-state index contributed by atoms with van der Waals surface area (Å²) in [5.74, 6) is -1.12. The fourth-order valence-electron chi connectivity index (χ4n) is 3.27. The molecule has 3 amide bonds. The highest BCUT2D eigenvalue weighted by Crippen LogP contribution is 2.34. The molecule has 0 radical (unpaired) electrons. The number of aromatic amines is 1. The van der Waals surface area contributed by atoms with Gasteiger partial charge in [-0.1, -0.05) is 12.1 Å². The Labute approximate surface area is 203 Å². The molecule has 6 N–H and O–H groups in total. The lowest BCUT2D eigenvalue weighted by Gasteiger charge is -2.08. The Bertz CT molecular complexity index is 1250. The van der Waals surface area contributed by atoms with E-state index < -0.39 is 29.2 Å². The fraction of sp³-hybridized carbons (Fsp3) is 0.208. The molecule has 8 nitrogen and oxygen atoms in total. The fourth-order valence-corrected chi connectivity index (χ4v) is 3.27. The summed E-state index contributed by atoms with van der Waals surface area (Å²) in [6, 6.07) is 9.40. The van der Waals surface area contributed by atoms with Crippen molar-refractivity contribution in [2.75, 3.05) is 23.0 Å². The van der Waals surface area contributed by atoms with Crippen molar-refractivity contribution in [2.45, 2.75) is 19.0 Å². The van der Waals surface area contributed by atoms with Crippen molar-refractivity contribution in [3.63, 3.8) is 0 Å². The Kier molecular flexibility index (Phi) is 7.97. The van der Waals surface area contributed by atoms with Crippen LogP contribution in [0.4, 0.5) is 34.8 Å². The molecule has 0 spiro atoms. The Balaban J connectivity index is 0.000000223. The molecule has 0 unspecified atom stereocenters. The summed E-state index contributed by atoms with van der Waals surface area (Å²) in [6.07, 6.45) is -0.948. The predicted molar refractivity (Wildman–Crippen MR) is 127 cm³/mol. The van der Waals surface area contributed by atoms with E-state index in [1.54, 1.807) is 6.20 Å². The van der Waals surface area contributed by atoms with Crippen molar-refractivity contribution in [3.05, 3.63) is 65.6 Å². The number of aromatic nitrogens is 1. The number of nitrogens with one attached hydrogen (secondary N) is 4. The van der Waals surface area contributed by atoms with Gasteiger partial charge in [0.2, 0.25) is 12.3 Å². The summed E-state index contributed by atoms with van der Waals surface area (Å²) >= 11 is 0. The summed E-state index contributed by atoms with van der Waals surface area (Å²) in [7, 11) is 1.84. The van der Waals surface area contributed by atoms with Gasteiger partial charge in [0.15, 0.2) is 0 Å². The van der Waals surface area contributed by atoms with Crippen LogP contribution in [0, 0.1) is 11.7 Å². The van der Waals surface area contributed by atoms with Gasteiger partial charge in [-0.05, 0) is 48.7 Å². The maximum Gasteiger partial charge on any atom is 0.416 e. The van der Waals surface area contributed by atoms with Crippen LogP contribution in [0.1, 0.15) is 28.8 Å². The third-order valence-corrected chi connectivity index (χ3v) is 5.32. The molecule has 0 saturated heterocycles. The second-order valence-corrected chi connectivity index (χ2v) is 7.86. The predicted octanol–water partition coefficient (Wildman–Crippen LogP) is 4.58. The number of halogens is 4. The normalized spacial score (nSPS) is 12.7. The quantitative estimate of drug-likeness (QED) is 0.238. The zero-order chi connectivity index (χ0) is 26.5. The smallest absolute Gasteiger partial charge is 0.388 e. The van der Waals surface area contributed by atoms with Crippen LogP contribution in [0.15, 0.2) is 48.7 Å². The summed E-state index contributed by atoms with van der Waals surface area (Å²) in [4.78, 5) is 36.6. The lowest BCUT2D eigenvalue weighted by atomic mass is 10.0. The van der Waals surface area contributed by atoms with E-state index in [2.05, 4.69) is 15.6 Å². The molecule has 12 heteroatoms. The first-order chi connectivity index (χ1) is 17.0. The second kappa shape index (κ2) is 10.9. The number of alkyl halides is 3.